The number of nitrogens with zero attached hydrogens (tertiary/aromatic N) is 5. The Morgan fingerprint density at radius 1 is 1.33 bits per heavy atom. The van der Waals surface area contributed by atoms with Gasteiger partial charge < -0.3 is 9.88 Å². The van der Waals surface area contributed by atoms with Crippen molar-refractivity contribution in [2.75, 3.05) is 11.9 Å². The van der Waals surface area contributed by atoms with Crippen LogP contribution in [-0.4, -0.2) is 31.1 Å². The molecule has 80 valence electrons. The molecule has 2 rings (SSSR count). The van der Waals surface area contributed by atoms with Crippen LogP contribution in [0.3, 0.4) is 0 Å². The molecule has 0 saturated carbocycles. The minimum atomic E-state index is 0.788. The van der Waals surface area contributed by atoms with Gasteiger partial charge in [0, 0.05) is 31.7 Å². The molecule has 0 saturated heterocycles. The first-order valence-electron chi connectivity index (χ1n) is 4.99. The summed E-state index contributed by atoms with van der Waals surface area (Å²) < 4.78 is 3.84. The lowest BCUT2D eigenvalue weighted by Crippen LogP contribution is -2.14. The molecular formula is C9H14N6. The average molecular weight is 206 g/mol. The van der Waals surface area contributed by atoms with Crippen molar-refractivity contribution in [3.8, 4) is 0 Å². The van der Waals surface area contributed by atoms with Gasteiger partial charge in [-0.25, -0.2) is 4.98 Å². The Morgan fingerprint density at radius 2 is 2.27 bits per heavy atom. The maximum atomic E-state index is 4.21. The van der Waals surface area contributed by atoms with Crippen molar-refractivity contribution >= 4 is 5.95 Å². The Hall–Kier alpha value is -1.85. The zero-order valence-electron chi connectivity index (χ0n) is 8.67. The average Bonchev–Trinajstić information content (AvgIpc) is 2.88. The van der Waals surface area contributed by atoms with Crippen LogP contribution in [0.2, 0.25) is 0 Å². The number of rotatable bonds is 5. The second-order valence-corrected chi connectivity index (χ2v) is 3.13. The minimum Gasteiger partial charge on any atom is -0.354 e. The summed E-state index contributed by atoms with van der Waals surface area (Å²) in [6.07, 6.45) is 7.26. The normalized spacial score (nSPS) is 10.5. The minimum absolute atomic E-state index is 0.788. The largest absolute Gasteiger partial charge is 0.354 e. The Kier molecular flexibility index (Phi) is 2.96. The van der Waals surface area contributed by atoms with E-state index in [0.29, 0.717) is 0 Å². The zero-order valence-corrected chi connectivity index (χ0v) is 8.67. The molecular weight excluding hydrogens is 192 g/mol. The summed E-state index contributed by atoms with van der Waals surface area (Å²) in [5.74, 6) is 0.901. The van der Waals surface area contributed by atoms with Gasteiger partial charge in [0.2, 0.25) is 5.95 Å². The zero-order chi connectivity index (χ0) is 10.5. The summed E-state index contributed by atoms with van der Waals surface area (Å²) in [6, 6.07) is 0. The monoisotopic (exact) mass is 206 g/mol. The summed E-state index contributed by atoms with van der Waals surface area (Å²) in [5, 5.41) is 10.9. The molecule has 2 aromatic rings. The van der Waals surface area contributed by atoms with Crippen LogP contribution in [0.4, 0.5) is 5.95 Å². The van der Waals surface area contributed by atoms with E-state index in [4.69, 9.17) is 0 Å². The lowest BCUT2D eigenvalue weighted by Gasteiger charge is -2.07. The molecule has 0 aliphatic carbocycles. The number of anilines is 1. The summed E-state index contributed by atoms with van der Waals surface area (Å²) in [5.41, 5.74) is 0. The van der Waals surface area contributed by atoms with Crippen molar-refractivity contribution in [3.63, 3.8) is 0 Å². The predicted molar refractivity (Wildman–Crippen MR) is 56.4 cm³/mol. The molecule has 2 aromatic heterocycles. The van der Waals surface area contributed by atoms with Crippen LogP contribution in [0.5, 0.6) is 0 Å². The van der Waals surface area contributed by atoms with E-state index in [1.165, 1.54) is 0 Å². The summed E-state index contributed by atoms with van der Waals surface area (Å²) in [4.78, 5) is 4.21. The van der Waals surface area contributed by atoms with Gasteiger partial charge in [0.25, 0.3) is 0 Å². The molecule has 0 unspecified atom stereocenters. The molecule has 6 heteroatoms. The van der Waals surface area contributed by atoms with Crippen LogP contribution in [0, 0.1) is 0 Å². The molecule has 0 aliphatic heterocycles. The molecule has 0 bridgehead atoms. The van der Waals surface area contributed by atoms with Gasteiger partial charge in [-0.05, 0) is 6.92 Å². The Balaban J connectivity index is 1.83. The highest BCUT2D eigenvalue weighted by molar-refractivity contribution is 5.25. The SMILES string of the molecule is CCn1ccnc1NCCn1ccnn1. The second kappa shape index (κ2) is 4.59. The fourth-order valence-electron chi connectivity index (χ4n) is 1.37. The number of hydrogen-bond donors (Lipinski definition) is 1. The van der Waals surface area contributed by atoms with E-state index in [1.807, 2.05) is 12.4 Å². The third-order valence-corrected chi connectivity index (χ3v) is 2.15. The van der Waals surface area contributed by atoms with Gasteiger partial charge in [0.1, 0.15) is 0 Å². The molecule has 0 spiro atoms. The molecule has 2 heterocycles. The van der Waals surface area contributed by atoms with Gasteiger partial charge in [-0.2, -0.15) is 0 Å². The van der Waals surface area contributed by atoms with Gasteiger partial charge in [0.05, 0.1) is 12.7 Å². The van der Waals surface area contributed by atoms with Crippen LogP contribution in [0.25, 0.3) is 0 Å². The fourth-order valence-corrected chi connectivity index (χ4v) is 1.37. The van der Waals surface area contributed by atoms with Crippen LogP contribution < -0.4 is 5.32 Å². The van der Waals surface area contributed by atoms with Crippen molar-refractivity contribution in [1.29, 1.82) is 0 Å². The summed E-state index contributed by atoms with van der Waals surface area (Å²) in [7, 11) is 0. The Morgan fingerprint density at radius 3 is 3.00 bits per heavy atom. The van der Waals surface area contributed by atoms with E-state index < -0.39 is 0 Å². The van der Waals surface area contributed by atoms with Crippen molar-refractivity contribution in [1.82, 2.24) is 24.5 Å². The molecule has 1 N–H and O–H groups in total. The van der Waals surface area contributed by atoms with Crippen molar-refractivity contribution < 1.29 is 0 Å². The highest BCUT2D eigenvalue weighted by Crippen LogP contribution is 2.02. The first-order chi connectivity index (χ1) is 7.40. The molecule has 0 radical (unpaired) electrons. The summed E-state index contributed by atoms with van der Waals surface area (Å²) in [6.45, 7) is 4.59. The fraction of sp³-hybridized carbons (Fsp3) is 0.444. The van der Waals surface area contributed by atoms with Crippen LogP contribution in [-0.2, 0) is 13.1 Å². The standard InChI is InChI=1S/C9H14N6/c1-2-14-6-3-10-9(14)11-4-7-15-8-5-12-13-15/h3,5-6,8H,2,4,7H2,1H3,(H,10,11). The second-order valence-electron chi connectivity index (χ2n) is 3.13. The number of aryl methyl sites for hydroxylation is 1. The molecule has 15 heavy (non-hydrogen) atoms. The molecule has 0 amide bonds. The first kappa shape index (κ1) is 9.70. The van der Waals surface area contributed by atoms with E-state index in [9.17, 15) is 0 Å². The molecule has 0 aliphatic rings. The molecule has 0 aromatic carbocycles. The smallest absolute Gasteiger partial charge is 0.202 e. The van der Waals surface area contributed by atoms with Crippen LogP contribution in [0.1, 0.15) is 6.92 Å². The number of nitrogens with one attached hydrogen (secondary N) is 1. The topological polar surface area (TPSA) is 60.6 Å². The van der Waals surface area contributed by atoms with Crippen molar-refractivity contribution in [2.24, 2.45) is 0 Å². The third kappa shape index (κ3) is 2.34. The maximum absolute atomic E-state index is 4.21. The molecule has 6 nitrogen and oxygen atoms in total. The van der Waals surface area contributed by atoms with E-state index >= 15 is 0 Å². The summed E-state index contributed by atoms with van der Waals surface area (Å²) >= 11 is 0. The van der Waals surface area contributed by atoms with E-state index in [2.05, 4.69) is 32.1 Å². The molecule has 0 atom stereocenters. The number of imidazole rings is 1. The lowest BCUT2D eigenvalue weighted by atomic mass is 10.6. The maximum Gasteiger partial charge on any atom is 0.202 e. The Bertz CT molecular complexity index is 390. The molecule has 0 fully saturated rings. The van der Waals surface area contributed by atoms with Gasteiger partial charge in [-0.15, -0.1) is 5.10 Å². The van der Waals surface area contributed by atoms with Gasteiger partial charge in [-0.1, -0.05) is 5.21 Å². The third-order valence-electron chi connectivity index (χ3n) is 2.15. The number of hydrogen-bond acceptors (Lipinski definition) is 4. The van der Waals surface area contributed by atoms with Crippen LogP contribution >= 0.6 is 0 Å². The van der Waals surface area contributed by atoms with Gasteiger partial charge in [-0.3, -0.25) is 4.68 Å². The highest BCUT2D eigenvalue weighted by Gasteiger charge is 1.99. The van der Waals surface area contributed by atoms with E-state index in [0.717, 1.165) is 25.6 Å². The van der Waals surface area contributed by atoms with Crippen molar-refractivity contribution in [2.45, 2.75) is 20.0 Å². The van der Waals surface area contributed by atoms with E-state index in [1.54, 1.807) is 17.1 Å². The van der Waals surface area contributed by atoms with Gasteiger partial charge in [0.15, 0.2) is 0 Å². The predicted octanol–water partition coefficient (Wildman–Crippen LogP) is 0.607. The van der Waals surface area contributed by atoms with Crippen molar-refractivity contribution in [3.05, 3.63) is 24.8 Å². The first-order valence-corrected chi connectivity index (χ1v) is 4.99. The lowest BCUT2D eigenvalue weighted by molar-refractivity contribution is 0.605. The van der Waals surface area contributed by atoms with Gasteiger partial charge >= 0.3 is 0 Å². The number of aromatic nitrogens is 5. The van der Waals surface area contributed by atoms with Crippen LogP contribution in [0.15, 0.2) is 24.8 Å². The Labute approximate surface area is 87.9 Å². The van der Waals surface area contributed by atoms with E-state index in [-0.39, 0.29) is 0 Å². The quantitative estimate of drug-likeness (QED) is 0.778. The highest BCUT2D eigenvalue weighted by atomic mass is 15.4.